The van der Waals surface area contributed by atoms with E-state index in [4.69, 9.17) is 0 Å². The summed E-state index contributed by atoms with van der Waals surface area (Å²) in [5, 5.41) is 5.34. The molecule has 1 atom stereocenters. The Morgan fingerprint density at radius 2 is 2.44 bits per heavy atom. The van der Waals surface area contributed by atoms with E-state index in [1.54, 1.807) is 11.3 Å². The molecule has 0 aliphatic rings. The maximum absolute atomic E-state index is 11.1. The molecule has 0 saturated carbocycles. The van der Waals surface area contributed by atoms with Crippen LogP contribution in [0.3, 0.4) is 0 Å². The SMILES string of the molecule is CCc1ccsc1CNCC(Br)C(=O)OC. The standard InChI is InChI=1S/C11H16BrNO2S/c1-3-8-4-5-16-10(8)7-13-6-9(12)11(14)15-2/h4-5,9,13H,3,6-7H2,1-2H3. The van der Waals surface area contributed by atoms with Crippen molar-refractivity contribution in [2.24, 2.45) is 0 Å². The van der Waals surface area contributed by atoms with Gasteiger partial charge in [0.05, 0.1) is 7.11 Å². The lowest BCUT2D eigenvalue weighted by molar-refractivity contribution is -0.139. The van der Waals surface area contributed by atoms with Crippen LogP contribution in [0.4, 0.5) is 0 Å². The van der Waals surface area contributed by atoms with Crippen molar-refractivity contribution in [3.8, 4) is 0 Å². The van der Waals surface area contributed by atoms with Gasteiger partial charge in [-0.3, -0.25) is 4.79 Å². The van der Waals surface area contributed by atoms with Crippen LogP contribution in [0.1, 0.15) is 17.4 Å². The molecule has 0 aliphatic carbocycles. The minimum atomic E-state index is -0.275. The maximum Gasteiger partial charge on any atom is 0.320 e. The summed E-state index contributed by atoms with van der Waals surface area (Å²) in [6.07, 6.45) is 1.05. The highest BCUT2D eigenvalue weighted by molar-refractivity contribution is 9.10. The van der Waals surface area contributed by atoms with Crippen LogP contribution < -0.4 is 5.32 Å². The van der Waals surface area contributed by atoms with Gasteiger partial charge in [0, 0.05) is 18.0 Å². The molecule has 1 aromatic heterocycles. The highest BCUT2D eigenvalue weighted by atomic mass is 79.9. The van der Waals surface area contributed by atoms with Gasteiger partial charge < -0.3 is 10.1 Å². The van der Waals surface area contributed by atoms with E-state index in [0.717, 1.165) is 13.0 Å². The van der Waals surface area contributed by atoms with Gasteiger partial charge in [0.15, 0.2) is 0 Å². The van der Waals surface area contributed by atoms with Crippen LogP contribution in [-0.4, -0.2) is 24.5 Å². The number of ether oxygens (including phenoxy) is 1. The van der Waals surface area contributed by atoms with Crippen LogP contribution in [0.2, 0.25) is 0 Å². The van der Waals surface area contributed by atoms with E-state index in [1.807, 2.05) is 0 Å². The first-order chi connectivity index (χ1) is 7.69. The second kappa shape index (κ2) is 7.04. The zero-order valence-electron chi connectivity index (χ0n) is 9.46. The molecule has 0 aliphatic heterocycles. The van der Waals surface area contributed by atoms with Crippen molar-refractivity contribution in [2.75, 3.05) is 13.7 Å². The van der Waals surface area contributed by atoms with Gasteiger partial charge in [-0.1, -0.05) is 22.9 Å². The van der Waals surface area contributed by atoms with Crippen LogP contribution in [0.25, 0.3) is 0 Å². The minimum absolute atomic E-state index is 0.241. The molecule has 1 aromatic rings. The number of thiophene rings is 1. The van der Waals surface area contributed by atoms with Gasteiger partial charge in [0.25, 0.3) is 0 Å². The Hall–Kier alpha value is -0.390. The molecule has 0 fully saturated rings. The van der Waals surface area contributed by atoms with Crippen molar-refractivity contribution in [3.05, 3.63) is 21.9 Å². The van der Waals surface area contributed by atoms with Crippen molar-refractivity contribution in [1.82, 2.24) is 5.32 Å². The number of carbonyl (C=O) groups is 1. The van der Waals surface area contributed by atoms with Gasteiger partial charge in [0.1, 0.15) is 4.83 Å². The summed E-state index contributed by atoms with van der Waals surface area (Å²) >= 11 is 5.02. The van der Waals surface area contributed by atoms with Gasteiger partial charge >= 0.3 is 5.97 Å². The number of esters is 1. The summed E-state index contributed by atoms with van der Waals surface area (Å²) < 4.78 is 4.62. The van der Waals surface area contributed by atoms with E-state index in [-0.39, 0.29) is 10.8 Å². The zero-order chi connectivity index (χ0) is 12.0. The van der Waals surface area contributed by atoms with E-state index >= 15 is 0 Å². The third kappa shape index (κ3) is 3.88. The number of rotatable bonds is 6. The third-order valence-electron chi connectivity index (χ3n) is 2.28. The number of halogens is 1. The second-order valence-electron chi connectivity index (χ2n) is 3.34. The van der Waals surface area contributed by atoms with Gasteiger partial charge in [-0.25, -0.2) is 0 Å². The summed E-state index contributed by atoms with van der Waals surface area (Å²) in [5.41, 5.74) is 1.38. The van der Waals surface area contributed by atoms with Crippen LogP contribution >= 0.6 is 27.3 Å². The summed E-state index contributed by atoms with van der Waals surface area (Å²) in [4.78, 5) is 12.2. The fourth-order valence-corrected chi connectivity index (χ4v) is 2.72. The van der Waals surface area contributed by atoms with Gasteiger partial charge in [-0.15, -0.1) is 11.3 Å². The van der Waals surface area contributed by atoms with E-state index in [0.29, 0.717) is 6.54 Å². The number of alkyl halides is 1. The van der Waals surface area contributed by atoms with Crippen LogP contribution in [0.15, 0.2) is 11.4 Å². The van der Waals surface area contributed by atoms with Crippen LogP contribution in [0, 0.1) is 0 Å². The topological polar surface area (TPSA) is 38.3 Å². The van der Waals surface area contributed by atoms with Crippen molar-refractivity contribution in [1.29, 1.82) is 0 Å². The predicted molar refractivity (Wildman–Crippen MR) is 70.1 cm³/mol. The summed E-state index contributed by atoms with van der Waals surface area (Å²) in [7, 11) is 1.39. The molecule has 5 heteroatoms. The number of hydrogen-bond donors (Lipinski definition) is 1. The van der Waals surface area contributed by atoms with E-state index in [2.05, 4.69) is 44.4 Å². The Bertz CT molecular complexity index is 340. The predicted octanol–water partition coefficient (Wildman–Crippen LogP) is 2.34. The molecule has 0 radical (unpaired) electrons. The lowest BCUT2D eigenvalue weighted by Crippen LogP contribution is -2.29. The molecule has 0 saturated heterocycles. The number of aryl methyl sites for hydroxylation is 1. The fraction of sp³-hybridized carbons (Fsp3) is 0.545. The van der Waals surface area contributed by atoms with Crippen LogP contribution in [0.5, 0.6) is 0 Å². The van der Waals surface area contributed by atoms with E-state index in [1.165, 1.54) is 17.6 Å². The Morgan fingerprint density at radius 1 is 1.69 bits per heavy atom. The number of methoxy groups -OCH3 is 1. The molecule has 16 heavy (non-hydrogen) atoms. The largest absolute Gasteiger partial charge is 0.468 e. The highest BCUT2D eigenvalue weighted by Crippen LogP contribution is 2.16. The molecular formula is C11H16BrNO2S. The van der Waals surface area contributed by atoms with Gasteiger partial charge in [-0.2, -0.15) is 0 Å². The average Bonchev–Trinajstić information content (AvgIpc) is 2.75. The Balaban J connectivity index is 2.33. The molecule has 0 spiro atoms. The van der Waals surface area contributed by atoms with Crippen molar-refractivity contribution < 1.29 is 9.53 Å². The molecule has 90 valence electrons. The van der Waals surface area contributed by atoms with Crippen molar-refractivity contribution in [2.45, 2.75) is 24.7 Å². The minimum Gasteiger partial charge on any atom is -0.468 e. The molecule has 0 aromatic carbocycles. The monoisotopic (exact) mass is 305 g/mol. The lowest BCUT2D eigenvalue weighted by Gasteiger charge is -2.09. The first-order valence-electron chi connectivity index (χ1n) is 5.16. The molecule has 1 N–H and O–H groups in total. The molecule has 0 amide bonds. The number of carbonyl (C=O) groups excluding carboxylic acids is 1. The first-order valence-corrected chi connectivity index (χ1v) is 6.96. The van der Waals surface area contributed by atoms with Gasteiger partial charge in [0.2, 0.25) is 0 Å². The van der Waals surface area contributed by atoms with Crippen molar-refractivity contribution >= 4 is 33.2 Å². The van der Waals surface area contributed by atoms with Crippen LogP contribution in [-0.2, 0) is 22.5 Å². The Kier molecular flexibility index (Phi) is 6.01. The Morgan fingerprint density at radius 3 is 3.06 bits per heavy atom. The maximum atomic E-state index is 11.1. The second-order valence-corrected chi connectivity index (χ2v) is 5.45. The molecule has 1 heterocycles. The summed E-state index contributed by atoms with van der Waals surface area (Å²) in [6, 6.07) is 2.15. The van der Waals surface area contributed by atoms with Crippen molar-refractivity contribution in [3.63, 3.8) is 0 Å². The third-order valence-corrected chi connectivity index (χ3v) is 3.95. The molecule has 3 nitrogen and oxygen atoms in total. The summed E-state index contributed by atoms with van der Waals surface area (Å²) in [5.74, 6) is -0.241. The lowest BCUT2D eigenvalue weighted by atomic mass is 10.2. The average molecular weight is 306 g/mol. The quantitative estimate of drug-likeness (QED) is 0.647. The zero-order valence-corrected chi connectivity index (χ0v) is 11.9. The number of nitrogens with one attached hydrogen (secondary N) is 1. The molecule has 0 bridgehead atoms. The fourth-order valence-electron chi connectivity index (χ4n) is 1.36. The highest BCUT2D eigenvalue weighted by Gasteiger charge is 2.14. The van der Waals surface area contributed by atoms with E-state index < -0.39 is 0 Å². The number of hydrogen-bond acceptors (Lipinski definition) is 4. The smallest absolute Gasteiger partial charge is 0.320 e. The summed E-state index contributed by atoms with van der Waals surface area (Å²) in [6.45, 7) is 3.53. The molecular weight excluding hydrogens is 290 g/mol. The molecule has 1 unspecified atom stereocenters. The van der Waals surface area contributed by atoms with Gasteiger partial charge in [-0.05, 0) is 23.4 Å². The Labute approximate surface area is 108 Å². The normalized spacial score (nSPS) is 12.4. The van der Waals surface area contributed by atoms with E-state index in [9.17, 15) is 4.79 Å². The molecule has 1 rings (SSSR count). The first kappa shape index (κ1) is 13.7.